The van der Waals surface area contributed by atoms with Gasteiger partial charge in [0.05, 0.1) is 3.79 Å². The van der Waals surface area contributed by atoms with E-state index in [1.54, 1.807) is 10.4 Å². The smallest absolute Gasteiger partial charge is 0.0704 e. The van der Waals surface area contributed by atoms with Gasteiger partial charge in [-0.15, -0.1) is 11.3 Å². The first kappa shape index (κ1) is 14.5. The molecule has 0 spiro atoms. The SMILES string of the molecule is C[C](C)CN1CCc2sc(Br)cc2C1CC(C)C. The summed E-state index contributed by atoms with van der Waals surface area (Å²) in [6.07, 6.45) is 2.48. The van der Waals surface area contributed by atoms with Crippen LogP contribution in [-0.2, 0) is 6.42 Å². The van der Waals surface area contributed by atoms with Gasteiger partial charge in [-0.3, -0.25) is 4.90 Å². The molecule has 2 heterocycles. The normalized spacial score (nSPS) is 20.7. The quantitative estimate of drug-likeness (QED) is 0.745. The van der Waals surface area contributed by atoms with Crippen molar-refractivity contribution in [2.75, 3.05) is 13.1 Å². The number of hydrogen-bond acceptors (Lipinski definition) is 2. The van der Waals surface area contributed by atoms with E-state index in [1.807, 2.05) is 11.3 Å². The Balaban J connectivity index is 2.24. The maximum atomic E-state index is 3.65. The molecule has 0 aliphatic carbocycles. The Morgan fingerprint density at radius 1 is 1.50 bits per heavy atom. The number of nitrogens with zero attached hydrogens (tertiary/aromatic N) is 1. The lowest BCUT2D eigenvalue weighted by Gasteiger charge is -2.37. The average molecular weight is 329 g/mol. The molecule has 1 aromatic rings. The first-order chi connectivity index (χ1) is 8.47. The Morgan fingerprint density at radius 3 is 2.83 bits per heavy atom. The van der Waals surface area contributed by atoms with Crippen molar-refractivity contribution in [3.05, 3.63) is 26.2 Å². The molecule has 1 atom stereocenters. The van der Waals surface area contributed by atoms with Gasteiger partial charge < -0.3 is 0 Å². The minimum Gasteiger partial charge on any atom is -0.295 e. The van der Waals surface area contributed by atoms with E-state index in [-0.39, 0.29) is 0 Å². The van der Waals surface area contributed by atoms with Gasteiger partial charge >= 0.3 is 0 Å². The van der Waals surface area contributed by atoms with Crippen molar-refractivity contribution in [3.63, 3.8) is 0 Å². The number of fused-ring (bicyclic) bond motifs is 1. The third-order valence-corrected chi connectivity index (χ3v) is 5.17. The van der Waals surface area contributed by atoms with Crippen molar-refractivity contribution in [2.24, 2.45) is 5.92 Å². The molecular formula is C15H23BrNS. The molecule has 0 aromatic carbocycles. The molecule has 0 saturated carbocycles. The van der Waals surface area contributed by atoms with Gasteiger partial charge in [0.15, 0.2) is 0 Å². The highest BCUT2D eigenvalue weighted by molar-refractivity contribution is 9.11. The molecule has 1 unspecified atom stereocenters. The molecule has 1 radical (unpaired) electrons. The van der Waals surface area contributed by atoms with Crippen molar-refractivity contribution < 1.29 is 0 Å². The lowest BCUT2D eigenvalue weighted by Crippen LogP contribution is -2.37. The van der Waals surface area contributed by atoms with E-state index in [1.165, 1.54) is 29.1 Å². The van der Waals surface area contributed by atoms with Gasteiger partial charge in [0.2, 0.25) is 0 Å². The van der Waals surface area contributed by atoms with E-state index < -0.39 is 0 Å². The van der Waals surface area contributed by atoms with Crippen LogP contribution in [0.1, 0.15) is 50.6 Å². The van der Waals surface area contributed by atoms with Crippen molar-refractivity contribution in [3.8, 4) is 0 Å². The summed E-state index contributed by atoms with van der Waals surface area (Å²) in [6.45, 7) is 11.5. The molecule has 2 rings (SSSR count). The predicted octanol–water partition coefficient (Wildman–Crippen LogP) is 5.07. The Hall–Kier alpha value is 0.140. The Kier molecular flexibility index (Phi) is 4.90. The summed E-state index contributed by atoms with van der Waals surface area (Å²) in [7, 11) is 0. The van der Waals surface area contributed by atoms with Crippen LogP contribution in [0.5, 0.6) is 0 Å². The van der Waals surface area contributed by atoms with E-state index in [0.717, 1.165) is 12.5 Å². The molecule has 3 heteroatoms. The van der Waals surface area contributed by atoms with Crippen LogP contribution in [0.3, 0.4) is 0 Å². The van der Waals surface area contributed by atoms with E-state index in [2.05, 4.69) is 54.6 Å². The number of rotatable bonds is 4. The molecule has 0 fully saturated rings. The second-order valence-electron chi connectivity index (χ2n) is 6.00. The molecule has 0 N–H and O–H groups in total. The van der Waals surface area contributed by atoms with Crippen LogP contribution in [0, 0.1) is 11.8 Å². The fraction of sp³-hybridized carbons (Fsp3) is 0.667. The van der Waals surface area contributed by atoms with Crippen LogP contribution in [0.25, 0.3) is 0 Å². The molecule has 1 aromatic heterocycles. The van der Waals surface area contributed by atoms with E-state index in [9.17, 15) is 0 Å². The minimum atomic E-state index is 0.617. The zero-order valence-corrected chi connectivity index (χ0v) is 14.2. The zero-order valence-electron chi connectivity index (χ0n) is 11.8. The van der Waals surface area contributed by atoms with Gasteiger partial charge in [0, 0.05) is 24.0 Å². The summed E-state index contributed by atoms with van der Waals surface area (Å²) < 4.78 is 1.29. The van der Waals surface area contributed by atoms with Crippen molar-refractivity contribution in [2.45, 2.75) is 46.6 Å². The van der Waals surface area contributed by atoms with E-state index >= 15 is 0 Å². The lowest BCUT2D eigenvalue weighted by molar-refractivity contribution is 0.171. The Morgan fingerprint density at radius 2 is 2.22 bits per heavy atom. The Bertz CT molecular complexity index is 397. The van der Waals surface area contributed by atoms with Gasteiger partial charge in [0.25, 0.3) is 0 Å². The van der Waals surface area contributed by atoms with Crippen LogP contribution < -0.4 is 0 Å². The van der Waals surface area contributed by atoms with Crippen LogP contribution in [-0.4, -0.2) is 18.0 Å². The first-order valence-electron chi connectivity index (χ1n) is 6.78. The van der Waals surface area contributed by atoms with Gasteiger partial charge in [-0.25, -0.2) is 0 Å². The number of hydrogen-bond donors (Lipinski definition) is 0. The van der Waals surface area contributed by atoms with Gasteiger partial charge in [0.1, 0.15) is 0 Å². The van der Waals surface area contributed by atoms with E-state index in [4.69, 9.17) is 0 Å². The maximum Gasteiger partial charge on any atom is 0.0704 e. The summed E-state index contributed by atoms with van der Waals surface area (Å²) in [5.41, 5.74) is 1.58. The number of halogens is 1. The molecule has 1 nitrogen and oxygen atoms in total. The zero-order chi connectivity index (χ0) is 13.3. The first-order valence-corrected chi connectivity index (χ1v) is 8.39. The second kappa shape index (κ2) is 6.06. The predicted molar refractivity (Wildman–Crippen MR) is 84.1 cm³/mol. The van der Waals surface area contributed by atoms with Gasteiger partial charge in [-0.2, -0.15) is 0 Å². The van der Waals surface area contributed by atoms with Gasteiger partial charge in [-0.1, -0.05) is 27.7 Å². The van der Waals surface area contributed by atoms with Crippen molar-refractivity contribution in [1.29, 1.82) is 0 Å². The highest BCUT2D eigenvalue weighted by atomic mass is 79.9. The molecule has 0 bridgehead atoms. The maximum absolute atomic E-state index is 3.65. The fourth-order valence-electron chi connectivity index (χ4n) is 2.80. The van der Waals surface area contributed by atoms with Crippen LogP contribution in [0.15, 0.2) is 9.85 Å². The molecule has 0 amide bonds. The topological polar surface area (TPSA) is 3.24 Å². The second-order valence-corrected chi connectivity index (χ2v) is 8.52. The molecule has 18 heavy (non-hydrogen) atoms. The standard InChI is InChI=1S/C15H23BrNS/c1-10(2)7-13-12-8-15(16)18-14(12)5-6-17(13)9-11(3)4/h8,10,13H,5-7,9H2,1-4H3. The molecule has 0 saturated heterocycles. The number of thiophene rings is 1. The van der Waals surface area contributed by atoms with Crippen LogP contribution >= 0.6 is 27.3 Å². The average Bonchev–Trinajstić information content (AvgIpc) is 2.61. The summed E-state index contributed by atoms with van der Waals surface area (Å²) in [5.74, 6) is 2.26. The van der Waals surface area contributed by atoms with Crippen molar-refractivity contribution in [1.82, 2.24) is 4.90 Å². The molecule has 101 valence electrons. The van der Waals surface area contributed by atoms with Crippen molar-refractivity contribution >= 4 is 27.3 Å². The van der Waals surface area contributed by atoms with Crippen LogP contribution in [0.2, 0.25) is 0 Å². The summed E-state index contributed by atoms with van der Waals surface area (Å²) in [4.78, 5) is 4.26. The molecular weight excluding hydrogens is 306 g/mol. The monoisotopic (exact) mass is 328 g/mol. The Labute approximate surface area is 124 Å². The fourth-order valence-corrected chi connectivity index (χ4v) is 4.56. The largest absolute Gasteiger partial charge is 0.295 e. The van der Waals surface area contributed by atoms with Crippen LogP contribution in [0.4, 0.5) is 0 Å². The highest BCUT2D eigenvalue weighted by Crippen LogP contribution is 2.40. The minimum absolute atomic E-state index is 0.617. The van der Waals surface area contributed by atoms with E-state index in [0.29, 0.717) is 6.04 Å². The summed E-state index contributed by atoms with van der Waals surface area (Å²) in [5, 5.41) is 0. The van der Waals surface area contributed by atoms with Gasteiger partial charge in [-0.05, 0) is 52.2 Å². The summed E-state index contributed by atoms with van der Waals surface area (Å²) >= 11 is 5.58. The lowest BCUT2D eigenvalue weighted by atomic mass is 9.91. The third kappa shape index (κ3) is 3.37. The summed E-state index contributed by atoms with van der Waals surface area (Å²) in [6, 6.07) is 2.97. The highest BCUT2D eigenvalue weighted by Gasteiger charge is 2.29. The third-order valence-electron chi connectivity index (χ3n) is 3.45. The molecule has 1 aliphatic rings. The molecule has 1 aliphatic heterocycles.